The molecule has 0 aromatic carbocycles. The molecule has 5 heteroatoms. The predicted molar refractivity (Wildman–Crippen MR) is 71.6 cm³/mol. The van der Waals surface area contributed by atoms with Crippen LogP contribution in [0.5, 0.6) is 0 Å². The van der Waals surface area contributed by atoms with Crippen molar-refractivity contribution in [3.05, 3.63) is 0 Å². The number of carbonyl (C=O) groups excluding carboxylic acids is 1. The molecule has 1 rings (SSSR count). The maximum atomic E-state index is 11.8. The predicted octanol–water partition coefficient (Wildman–Crippen LogP) is 1.29. The lowest BCUT2D eigenvalue weighted by Crippen LogP contribution is -2.44. The molecule has 0 aromatic heterocycles. The molecule has 1 heterocycles. The van der Waals surface area contributed by atoms with Gasteiger partial charge in [0.1, 0.15) is 0 Å². The van der Waals surface area contributed by atoms with Crippen molar-refractivity contribution in [1.82, 2.24) is 10.2 Å². The summed E-state index contributed by atoms with van der Waals surface area (Å²) in [6, 6.07) is 0. The summed E-state index contributed by atoms with van der Waals surface area (Å²) >= 11 is 0. The first kappa shape index (κ1) is 16.7. The Morgan fingerprint density at radius 2 is 2.29 bits per heavy atom. The van der Waals surface area contributed by atoms with E-state index >= 15 is 0 Å². The van der Waals surface area contributed by atoms with E-state index in [1.54, 1.807) is 7.11 Å². The smallest absolute Gasteiger partial charge is 0.236 e. The van der Waals surface area contributed by atoms with E-state index in [4.69, 9.17) is 4.74 Å². The highest BCUT2D eigenvalue weighted by molar-refractivity contribution is 5.85. The minimum atomic E-state index is 0. The van der Waals surface area contributed by atoms with Crippen molar-refractivity contribution in [3.63, 3.8) is 0 Å². The lowest BCUT2D eigenvalue weighted by molar-refractivity contribution is -0.132. The molecule has 1 saturated heterocycles. The molecule has 0 aliphatic carbocycles. The highest BCUT2D eigenvalue weighted by Gasteiger charge is 2.21. The van der Waals surface area contributed by atoms with Crippen LogP contribution in [0.3, 0.4) is 0 Å². The summed E-state index contributed by atoms with van der Waals surface area (Å²) in [7, 11) is 1.67. The lowest BCUT2D eigenvalue weighted by Gasteiger charge is -2.32. The molecule has 0 saturated carbocycles. The molecule has 1 aliphatic heterocycles. The molecule has 4 nitrogen and oxygen atoms in total. The Morgan fingerprint density at radius 3 is 2.94 bits per heavy atom. The van der Waals surface area contributed by atoms with Crippen LogP contribution in [-0.2, 0) is 9.53 Å². The first-order valence-corrected chi connectivity index (χ1v) is 6.25. The zero-order valence-electron chi connectivity index (χ0n) is 10.9. The van der Waals surface area contributed by atoms with Crippen LogP contribution in [0.2, 0.25) is 0 Å². The second-order valence-electron chi connectivity index (χ2n) is 4.43. The standard InChI is InChI=1S/C12H24N2O2.ClH/c1-3-11-5-4-7-14(10-11)12(15)9-13-6-8-16-2;/h11,13H,3-10H2,1-2H3;1H. The number of hydrogen-bond donors (Lipinski definition) is 1. The van der Waals surface area contributed by atoms with Gasteiger partial charge in [-0.1, -0.05) is 13.3 Å². The second kappa shape index (κ2) is 9.68. The summed E-state index contributed by atoms with van der Waals surface area (Å²) in [6.45, 7) is 5.93. The van der Waals surface area contributed by atoms with E-state index in [9.17, 15) is 4.79 Å². The van der Waals surface area contributed by atoms with Crippen LogP contribution in [-0.4, -0.2) is 50.7 Å². The molecule has 0 aromatic rings. The number of amides is 1. The SMILES string of the molecule is CCC1CCCN(C(=O)CNCCOC)C1.Cl. The van der Waals surface area contributed by atoms with E-state index in [1.807, 2.05) is 4.90 Å². The Labute approximate surface area is 110 Å². The van der Waals surface area contributed by atoms with Crippen molar-refractivity contribution in [1.29, 1.82) is 0 Å². The first-order chi connectivity index (χ1) is 7.77. The average molecular weight is 265 g/mol. The number of hydrogen-bond acceptors (Lipinski definition) is 3. The number of methoxy groups -OCH3 is 1. The Hall–Kier alpha value is -0.320. The molecule has 17 heavy (non-hydrogen) atoms. The van der Waals surface area contributed by atoms with Gasteiger partial charge in [0.15, 0.2) is 0 Å². The van der Waals surface area contributed by atoms with Crippen LogP contribution in [0.25, 0.3) is 0 Å². The molecule has 1 aliphatic rings. The average Bonchev–Trinajstić information content (AvgIpc) is 2.34. The molecule has 1 unspecified atom stereocenters. The van der Waals surface area contributed by atoms with E-state index < -0.39 is 0 Å². The van der Waals surface area contributed by atoms with Crippen molar-refractivity contribution in [2.75, 3.05) is 39.9 Å². The van der Waals surface area contributed by atoms with Crippen LogP contribution in [0.1, 0.15) is 26.2 Å². The van der Waals surface area contributed by atoms with E-state index in [0.717, 1.165) is 26.1 Å². The lowest BCUT2D eigenvalue weighted by atomic mass is 9.96. The largest absolute Gasteiger partial charge is 0.383 e. The van der Waals surface area contributed by atoms with Gasteiger partial charge in [-0.2, -0.15) is 0 Å². The number of likely N-dealkylation sites (tertiary alicyclic amines) is 1. The fourth-order valence-corrected chi connectivity index (χ4v) is 2.11. The second-order valence-corrected chi connectivity index (χ2v) is 4.43. The molecule has 0 radical (unpaired) electrons. The molecule has 1 atom stereocenters. The molecule has 0 bridgehead atoms. The van der Waals surface area contributed by atoms with Gasteiger partial charge in [0.25, 0.3) is 0 Å². The summed E-state index contributed by atoms with van der Waals surface area (Å²) in [5, 5.41) is 3.10. The van der Waals surface area contributed by atoms with Crippen molar-refractivity contribution in [3.8, 4) is 0 Å². The van der Waals surface area contributed by atoms with Gasteiger partial charge in [-0.05, 0) is 18.8 Å². The van der Waals surface area contributed by atoms with Crippen LogP contribution in [0.15, 0.2) is 0 Å². The van der Waals surface area contributed by atoms with Crippen LogP contribution < -0.4 is 5.32 Å². The Bertz CT molecular complexity index is 215. The molecular formula is C12H25ClN2O2. The number of nitrogens with one attached hydrogen (secondary N) is 1. The number of nitrogens with zero attached hydrogens (tertiary/aromatic N) is 1. The minimum absolute atomic E-state index is 0. The van der Waals surface area contributed by atoms with Crippen molar-refractivity contribution >= 4 is 18.3 Å². The van der Waals surface area contributed by atoms with E-state index in [2.05, 4.69) is 12.2 Å². The van der Waals surface area contributed by atoms with E-state index in [-0.39, 0.29) is 18.3 Å². The first-order valence-electron chi connectivity index (χ1n) is 6.25. The summed E-state index contributed by atoms with van der Waals surface area (Å²) in [5.41, 5.74) is 0. The maximum Gasteiger partial charge on any atom is 0.236 e. The van der Waals surface area contributed by atoms with Crippen LogP contribution >= 0.6 is 12.4 Å². The Balaban J connectivity index is 0.00000256. The molecule has 102 valence electrons. The Morgan fingerprint density at radius 1 is 1.53 bits per heavy atom. The molecule has 0 spiro atoms. The Kier molecular flexibility index (Phi) is 9.50. The zero-order valence-corrected chi connectivity index (χ0v) is 11.7. The topological polar surface area (TPSA) is 41.6 Å². The number of ether oxygens (including phenoxy) is 1. The number of halogens is 1. The maximum absolute atomic E-state index is 11.8. The van der Waals surface area contributed by atoms with Gasteiger partial charge in [-0.15, -0.1) is 12.4 Å². The van der Waals surface area contributed by atoms with Crippen LogP contribution in [0, 0.1) is 5.92 Å². The van der Waals surface area contributed by atoms with Gasteiger partial charge in [-0.3, -0.25) is 4.79 Å². The van der Waals surface area contributed by atoms with Crippen molar-refractivity contribution in [2.24, 2.45) is 5.92 Å². The summed E-state index contributed by atoms with van der Waals surface area (Å²) in [6.07, 6.45) is 3.61. The molecule has 1 N–H and O–H groups in total. The van der Waals surface area contributed by atoms with E-state index in [1.165, 1.54) is 12.8 Å². The van der Waals surface area contributed by atoms with Gasteiger partial charge in [0.05, 0.1) is 13.2 Å². The van der Waals surface area contributed by atoms with Crippen molar-refractivity contribution in [2.45, 2.75) is 26.2 Å². The fraction of sp³-hybridized carbons (Fsp3) is 0.917. The van der Waals surface area contributed by atoms with Gasteiger partial charge in [-0.25, -0.2) is 0 Å². The molecular weight excluding hydrogens is 240 g/mol. The third-order valence-electron chi connectivity index (χ3n) is 3.21. The molecule has 1 fully saturated rings. The molecule has 1 amide bonds. The van der Waals surface area contributed by atoms with E-state index in [0.29, 0.717) is 19.1 Å². The monoisotopic (exact) mass is 264 g/mol. The van der Waals surface area contributed by atoms with Gasteiger partial charge >= 0.3 is 0 Å². The number of rotatable bonds is 6. The number of piperidine rings is 1. The highest BCUT2D eigenvalue weighted by Crippen LogP contribution is 2.18. The third-order valence-corrected chi connectivity index (χ3v) is 3.21. The summed E-state index contributed by atoms with van der Waals surface area (Å²) in [4.78, 5) is 13.8. The van der Waals surface area contributed by atoms with Crippen LogP contribution in [0.4, 0.5) is 0 Å². The zero-order chi connectivity index (χ0) is 11.8. The number of carbonyl (C=O) groups is 1. The normalized spacial score (nSPS) is 19.9. The van der Waals surface area contributed by atoms with Crippen molar-refractivity contribution < 1.29 is 9.53 Å². The summed E-state index contributed by atoms with van der Waals surface area (Å²) < 4.78 is 4.92. The quantitative estimate of drug-likeness (QED) is 0.735. The van der Waals surface area contributed by atoms with Gasteiger partial charge < -0.3 is 15.0 Å². The third kappa shape index (κ3) is 6.24. The summed E-state index contributed by atoms with van der Waals surface area (Å²) in [5.74, 6) is 0.936. The fourth-order valence-electron chi connectivity index (χ4n) is 2.11. The van der Waals surface area contributed by atoms with Gasteiger partial charge in [0.2, 0.25) is 5.91 Å². The van der Waals surface area contributed by atoms with Gasteiger partial charge in [0, 0.05) is 26.7 Å². The highest BCUT2D eigenvalue weighted by atomic mass is 35.5. The minimum Gasteiger partial charge on any atom is -0.383 e.